The lowest BCUT2D eigenvalue weighted by Gasteiger charge is -2.16. The number of carboxylic acids is 1. The first-order chi connectivity index (χ1) is 10.8. The molecule has 2 aromatic rings. The van der Waals surface area contributed by atoms with Crippen molar-refractivity contribution in [1.82, 2.24) is 0 Å². The molecule has 2 rings (SSSR count). The second-order valence-electron chi connectivity index (χ2n) is 4.88. The molecular weight excluding hydrogens is 296 g/mol. The van der Waals surface area contributed by atoms with E-state index < -0.39 is 5.97 Å². The molecule has 0 heterocycles. The lowest BCUT2D eigenvalue weighted by atomic mass is 10.0. The first kappa shape index (κ1) is 18.3. The summed E-state index contributed by atoms with van der Waals surface area (Å²) in [6, 6.07) is 13.8. The zero-order valence-electron chi connectivity index (χ0n) is 13.1. The molecule has 0 aromatic heterocycles. The average Bonchev–Trinajstić information content (AvgIpc) is 2.52. The Balaban J connectivity index is 0.000000379. The molecule has 23 heavy (non-hydrogen) atoms. The largest absolute Gasteiger partial charge is 0.508 e. The highest BCUT2D eigenvalue weighted by molar-refractivity contribution is 5.84. The van der Waals surface area contributed by atoms with Crippen LogP contribution in [0.1, 0.15) is 24.2 Å². The molecule has 5 heteroatoms. The Morgan fingerprint density at radius 2 is 1.26 bits per heavy atom. The van der Waals surface area contributed by atoms with Crippen LogP contribution >= 0.6 is 0 Å². The molecule has 0 aliphatic heterocycles. The Labute approximate surface area is 135 Å². The van der Waals surface area contributed by atoms with Crippen molar-refractivity contribution in [3.8, 4) is 11.5 Å². The SMILES string of the molecule is C=C(C)C(=O)O.COC(c1ccc(O)cc1)c1ccc(O)cc1. The second kappa shape index (κ2) is 8.60. The van der Waals surface area contributed by atoms with E-state index in [0.29, 0.717) is 0 Å². The molecule has 0 fully saturated rings. The minimum atomic E-state index is -0.935. The van der Waals surface area contributed by atoms with Crippen molar-refractivity contribution in [3.05, 3.63) is 71.8 Å². The number of aromatic hydroxyl groups is 2. The van der Waals surface area contributed by atoms with Gasteiger partial charge in [0, 0.05) is 12.7 Å². The number of benzene rings is 2. The van der Waals surface area contributed by atoms with Gasteiger partial charge in [-0.3, -0.25) is 0 Å². The number of hydrogen-bond donors (Lipinski definition) is 3. The summed E-state index contributed by atoms with van der Waals surface area (Å²) in [7, 11) is 1.63. The first-order valence-corrected chi connectivity index (χ1v) is 6.84. The van der Waals surface area contributed by atoms with Gasteiger partial charge in [-0.2, -0.15) is 0 Å². The van der Waals surface area contributed by atoms with Gasteiger partial charge >= 0.3 is 5.97 Å². The van der Waals surface area contributed by atoms with E-state index in [0.717, 1.165) is 11.1 Å². The minimum absolute atomic E-state index is 0.176. The fourth-order valence-corrected chi connectivity index (χ4v) is 1.76. The number of aliphatic carboxylic acids is 1. The van der Waals surface area contributed by atoms with Gasteiger partial charge in [0.1, 0.15) is 17.6 Å². The fourth-order valence-electron chi connectivity index (χ4n) is 1.76. The molecule has 0 aliphatic rings. The number of hydrogen-bond acceptors (Lipinski definition) is 4. The van der Waals surface area contributed by atoms with Gasteiger partial charge in [-0.1, -0.05) is 30.8 Å². The van der Waals surface area contributed by atoms with Crippen molar-refractivity contribution in [2.75, 3.05) is 7.11 Å². The van der Waals surface area contributed by atoms with Gasteiger partial charge in [0.2, 0.25) is 0 Å². The maximum atomic E-state index is 9.60. The lowest BCUT2D eigenvalue weighted by Crippen LogP contribution is -2.02. The highest BCUT2D eigenvalue weighted by Gasteiger charge is 2.12. The summed E-state index contributed by atoms with van der Waals surface area (Å²) in [6.45, 7) is 4.60. The summed E-state index contributed by atoms with van der Waals surface area (Å²) in [5, 5.41) is 26.4. The summed E-state index contributed by atoms with van der Waals surface area (Å²) in [5.41, 5.74) is 2.09. The molecule has 0 atom stereocenters. The standard InChI is InChI=1S/C14H14O3.C4H6O2/c1-17-14(10-2-6-12(15)7-3-10)11-4-8-13(16)9-5-11;1-3(2)4(5)6/h2-9,14-16H,1H3;1H2,2H3,(H,5,6). The number of methoxy groups -OCH3 is 1. The Kier molecular flexibility index (Phi) is 6.83. The number of phenols is 2. The van der Waals surface area contributed by atoms with Crippen LogP contribution in [0.2, 0.25) is 0 Å². The van der Waals surface area contributed by atoms with Crippen LogP contribution in [-0.4, -0.2) is 28.4 Å². The van der Waals surface area contributed by atoms with Gasteiger partial charge in [-0.25, -0.2) is 4.79 Å². The highest BCUT2D eigenvalue weighted by atomic mass is 16.5. The van der Waals surface area contributed by atoms with E-state index in [9.17, 15) is 15.0 Å². The minimum Gasteiger partial charge on any atom is -0.508 e. The summed E-state index contributed by atoms with van der Waals surface area (Å²) >= 11 is 0. The van der Waals surface area contributed by atoms with E-state index >= 15 is 0 Å². The number of phenolic OH excluding ortho intramolecular Hbond substituents is 2. The van der Waals surface area contributed by atoms with Crippen LogP contribution in [-0.2, 0) is 9.53 Å². The van der Waals surface area contributed by atoms with Crippen molar-refractivity contribution in [2.24, 2.45) is 0 Å². The number of carbonyl (C=O) groups is 1. The van der Waals surface area contributed by atoms with Gasteiger partial charge in [0.25, 0.3) is 0 Å². The topological polar surface area (TPSA) is 87.0 Å². The summed E-state index contributed by atoms with van der Waals surface area (Å²) in [6.07, 6.45) is -0.198. The molecule has 0 unspecified atom stereocenters. The molecule has 0 aliphatic carbocycles. The van der Waals surface area contributed by atoms with Crippen molar-refractivity contribution < 1.29 is 24.9 Å². The van der Waals surface area contributed by atoms with Gasteiger partial charge < -0.3 is 20.1 Å². The Hall–Kier alpha value is -2.79. The number of ether oxygens (including phenoxy) is 1. The molecule has 0 amide bonds. The molecule has 3 N–H and O–H groups in total. The van der Waals surface area contributed by atoms with Crippen molar-refractivity contribution in [1.29, 1.82) is 0 Å². The van der Waals surface area contributed by atoms with E-state index in [4.69, 9.17) is 9.84 Å². The number of carboxylic acid groups (broad SMARTS) is 1. The summed E-state index contributed by atoms with van der Waals surface area (Å²) in [4.78, 5) is 9.60. The molecule has 122 valence electrons. The molecule has 0 saturated heterocycles. The van der Waals surface area contributed by atoms with E-state index in [1.54, 1.807) is 31.4 Å². The second-order valence-corrected chi connectivity index (χ2v) is 4.88. The van der Waals surface area contributed by atoms with Gasteiger partial charge in [-0.15, -0.1) is 0 Å². The Bertz CT molecular complexity index is 587. The first-order valence-electron chi connectivity index (χ1n) is 6.84. The van der Waals surface area contributed by atoms with Crippen LogP contribution in [0.5, 0.6) is 11.5 Å². The van der Waals surface area contributed by atoms with Crippen LogP contribution in [0.15, 0.2) is 60.7 Å². The summed E-state index contributed by atoms with van der Waals surface area (Å²) < 4.78 is 5.44. The van der Waals surface area contributed by atoms with E-state index in [2.05, 4.69) is 6.58 Å². The highest BCUT2D eigenvalue weighted by Crippen LogP contribution is 2.27. The number of rotatable bonds is 4. The van der Waals surface area contributed by atoms with E-state index in [-0.39, 0.29) is 23.2 Å². The maximum Gasteiger partial charge on any atom is 0.330 e. The van der Waals surface area contributed by atoms with Gasteiger partial charge in [0.05, 0.1) is 0 Å². The maximum absolute atomic E-state index is 9.60. The molecule has 0 radical (unpaired) electrons. The van der Waals surface area contributed by atoms with Gasteiger partial charge in [-0.05, 0) is 42.3 Å². The third-order valence-corrected chi connectivity index (χ3v) is 2.99. The third-order valence-electron chi connectivity index (χ3n) is 2.99. The zero-order valence-corrected chi connectivity index (χ0v) is 13.1. The molecule has 5 nitrogen and oxygen atoms in total. The predicted molar refractivity (Wildman–Crippen MR) is 87.5 cm³/mol. The fraction of sp³-hybridized carbons (Fsp3) is 0.167. The van der Waals surface area contributed by atoms with Crippen LogP contribution in [0.25, 0.3) is 0 Å². The lowest BCUT2D eigenvalue weighted by molar-refractivity contribution is -0.132. The van der Waals surface area contributed by atoms with E-state index in [1.807, 2.05) is 24.3 Å². The molecule has 0 bridgehead atoms. The molecule has 2 aromatic carbocycles. The van der Waals surface area contributed by atoms with Crippen LogP contribution in [0.4, 0.5) is 0 Å². The quantitative estimate of drug-likeness (QED) is 0.752. The van der Waals surface area contributed by atoms with Crippen molar-refractivity contribution in [2.45, 2.75) is 13.0 Å². The van der Waals surface area contributed by atoms with Crippen molar-refractivity contribution in [3.63, 3.8) is 0 Å². The van der Waals surface area contributed by atoms with E-state index in [1.165, 1.54) is 6.92 Å². The van der Waals surface area contributed by atoms with Crippen LogP contribution < -0.4 is 0 Å². The molecular formula is C18H20O5. The van der Waals surface area contributed by atoms with Crippen LogP contribution in [0, 0.1) is 0 Å². The molecule has 0 spiro atoms. The Morgan fingerprint density at radius 3 is 1.48 bits per heavy atom. The summed E-state index contributed by atoms with van der Waals surface area (Å²) in [5.74, 6) is -0.474. The van der Waals surface area contributed by atoms with Crippen molar-refractivity contribution >= 4 is 5.97 Å². The predicted octanol–water partition coefficient (Wildman–Crippen LogP) is 3.48. The average molecular weight is 316 g/mol. The normalized spacial score (nSPS) is 9.87. The Morgan fingerprint density at radius 1 is 0.957 bits per heavy atom. The van der Waals surface area contributed by atoms with Crippen LogP contribution in [0.3, 0.4) is 0 Å². The smallest absolute Gasteiger partial charge is 0.330 e. The molecule has 0 saturated carbocycles. The van der Waals surface area contributed by atoms with Gasteiger partial charge in [0.15, 0.2) is 0 Å². The zero-order chi connectivity index (χ0) is 17.4. The monoisotopic (exact) mass is 316 g/mol. The third kappa shape index (κ3) is 5.84.